The van der Waals surface area contributed by atoms with Gasteiger partial charge in [0.25, 0.3) is 0 Å². The van der Waals surface area contributed by atoms with Gasteiger partial charge in [0, 0.05) is 17.1 Å². The number of aryl methyl sites for hydroxylation is 2. The van der Waals surface area contributed by atoms with E-state index in [1.165, 1.54) is 12.1 Å². The number of hydrogen-bond donors (Lipinski definition) is 1. The van der Waals surface area contributed by atoms with Crippen LogP contribution in [0.1, 0.15) is 18.3 Å². The van der Waals surface area contributed by atoms with Crippen LogP contribution in [0.25, 0.3) is 11.3 Å². The molecule has 0 unspecified atom stereocenters. The Kier molecular flexibility index (Phi) is 4.00. The molecule has 0 radical (unpaired) electrons. The lowest BCUT2D eigenvalue weighted by Crippen LogP contribution is -2.06. The van der Waals surface area contributed by atoms with Gasteiger partial charge in [-0.25, -0.2) is 14.4 Å². The maximum Gasteiger partial charge on any atom is 0.152 e. The summed E-state index contributed by atoms with van der Waals surface area (Å²) < 4.78 is 13.5. The summed E-state index contributed by atoms with van der Waals surface area (Å²) in [6.07, 6.45) is 0. The van der Waals surface area contributed by atoms with E-state index in [1.807, 2.05) is 20.8 Å². The molecule has 0 saturated heterocycles. The van der Waals surface area contributed by atoms with Crippen molar-refractivity contribution in [1.29, 1.82) is 0 Å². The molecule has 0 aliphatic carbocycles. The van der Waals surface area contributed by atoms with E-state index in [4.69, 9.17) is 11.6 Å². The molecule has 0 amide bonds. The van der Waals surface area contributed by atoms with Crippen molar-refractivity contribution in [2.45, 2.75) is 20.8 Å². The number of anilines is 1. The van der Waals surface area contributed by atoms with Crippen LogP contribution in [0.4, 0.5) is 10.2 Å². The van der Waals surface area contributed by atoms with Gasteiger partial charge in [-0.1, -0.05) is 11.6 Å². The number of halogens is 2. The summed E-state index contributed by atoms with van der Waals surface area (Å²) in [6.45, 7) is 6.46. The van der Waals surface area contributed by atoms with Gasteiger partial charge in [-0.3, -0.25) is 0 Å². The lowest BCUT2D eigenvalue weighted by Gasteiger charge is -2.12. The van der Waals surface area contributed by atoms with Gasteiger partial charge in [-0.2, -0.15) is 0 Å². The van der Waals surface area contributed by atoms with E-state index in [-0.39, 0.29) is 5.82 Å². The van der Waals surface area contributed by atoms with Gasteiger partial charge in [-0.05, 0) is 39.0 Å². The zero-order chi connectivity index (χ0) is 14.0. The summed E-state index contributed by atoms with van der Waals surface area (Å²) in [5.41, 5.74) is 2.90. The molecule has 3 nitrogen and oxygen atoms in total. The van der Waals surface area contributed by atoms with Crippen LogP contribution in [0, 0.1) is 19.7 Å². The molecule has 1 aromatic carbocycles. The summed E-state index contributed by atoms with van der Waals surface area (Å²) in [4.78, 5) is 8.95. The van der Waals surface area contributed by atoms with Crippen molar-refractivity contribution in [1.82, 2.24) is 9.97 Å². The second-order valence-electron chi connectivity index (χ2n) is 4.28. The number of aromatic nitrogens is 2. The molecular formula is C14H15ClFN3. The minimum atomic E-state index is -0.384. The van der Waals surface area contributed by atoms with Crippen molar-refractivity contribution in [2.24, 2.45) is 0 Å². The molecule has 0 spiro atoms. The number of rotatable bonds is 3. The molecule has 0 aliphatic heterocycles. The Morgan fingerprint density at radius 1 is 1.16 bits per heavy atom. The summed E-state index contributed by atoms with van der Waals surface area (Å²) in [5.74, 6) is 0.261. The fourth-order valence-electron chi connectivity index (χ4n) is 1.79. The monoisotopic (exact) mass is 279 g/mol. The van der Waals surface area contributed by atoms with Crippen LogP contribution in [0.15, 0.2) is 18.2 Å². The predicted octanol–water partition coefficient (Wildman–Crippen LogP) is 3.98. The van der Waals surface area contributed by atoms with Gasteiger partial charge in [0.15, 0.2) is 5.82 Å². The molecule has 0 atom stereocenters. The molecule has 1 aromatic heterocycles. The zero-order valence-corrected chi connectivity index (χ0v) is 11.8. The highest BCUT2D eigenvalue weighted by molar-refractivity contribution is 6.30. The summed E-state index contributed by atoms with van der Waals surface area (Å²) in [7, 11) is 0. The van der Waals surface area contributed by atoms with E-state index in [0.29, 0.717) is 28.6 Å². The molecule has 0 saturated carbocycles. The van der Waals surface area contributed by atoms with E-state index >= 15 is 0 Å². The molecule has 100 valence electrons. The van der Waals surface area contributed by atoms with Crippen molar-refractivity contribution in [3.8, 4) is 11.3 Å². The lowest BCUT2D eigenvalue weighted by molar-refractivity contribution is 0.628. The fraction of sp³-hybridized carbons (Fsp3) is 0.286. The highest BCUT2D eigenvalue weighted by atomic mass is 35.5. The Morgan fingerprint density at radius 3 is 2.47 bits per heavy atom. The highest BCUT2D eigenvalue weighted by Crippen LogP contribution is 2.28. The Morgan fingerprint density at radius 2 is 1.84 bits per heavy atom. The standard InChI is InChI=1S/C14H15ClFN3/c1-4-17-14-13(18-8(2)9(3)19-14)10-5-11(15)7-12(16)6-10/h5-7H,4H2,1-3H3,(H,17,19). The summed E-state index contributed by atoms with van der Waals surface area (Å²) in [5, 5.41) is 3.49. The Balaban J connectivity index is 2.62. The summed E-state index contributed by atoms with van der Waals surface area (Å²) in [6, 6.07) is 4.36. The Hall–Kier alpha value is -1.68. The van der Waals surface area contributed by atoms with Gasteiger partial charge in [0.1, 0.15) is 11.5 Å². The molecule has 2 aromatic rings. The van der Waals surface area contributed by atoms with Crippen molar-refractivity contribution >= 4 is 17.4 Å². The van der Waals surface area contributed by atoms with Crippen LogP contribution in [0.5, 0.6) is 0 Å². The van der Waals surface area contributed by atoms with E-state index < -0.39 is 0 Å². The molecular weight excluding hydrogens is 265 g/mol. The normalized spacial score (nSPS) is 10.6. The van der Waals surface area contributed by atoms with Crippen LogP contribution in [-0.2, 0) is 0 Å². The number of hydrogen-bond acceptors (Lipinski definition) is 3. The van der Waals surface area contributed by atoms with Crippen LogP contribution < -0.4 is 5.32 Å². The molecule has 0 fully saturated rings. The predicted molar refractivity (Wildman–Crippen MR) is 76.1 cm³/mol. The first-order valence-electron chi connectivity index (χ1n) is 6.07. The SMILES string of the molecule is CCNc1nc(C)c(C)nc1-c1cc(F)cc(Cl)c1. The van der Waals surface area contributed by atoms with Crippen LogP contribution >= 0.6 is 11.6 Å². The average molecular weight is 280 g/mol. The van der Waals surface area contributed by atoms with E-state index in [1.54, 1.807) is 6.07 Å². The van der Waals surface area contributed by atoms with Crippen LogP contribution in [-0.4, -0.2) is 16.5 Å². The van der Waals surface area contributed by atoms with Crippen LogP contribution in [0.3, 0.4) is 0 Å². The van der Waals surface area contributed by atoms with Crippen molar-refractivity contribution in [3.63, 3.8) is 0 Å². The van der Waals surface area contributed by atoms with Crippen molar-refractivity contribution in [2.75, 3.05) is 11.9 Å². The van der Waals surface area contributed by atoms with Crippen LogP contribution in [0.2, 0.25) is 5.02 Å². The molecule has 2 rings (SSSR count). The molecule has 1 heterocycles. The smallest absolute Gasteiger partial charge is 0.152 e. The minimum Gasteiger partial charge on any atom is -0.369 e. The quantitative estimate of drug-likeness (QED) is 0.923. The highest BCUT2D eigenvalue weighted by Gasteiger charge is 2.12. The fourth-order valence-corrected chi connectivity index (χ4v) is 2.01. The zero-order valence-electron chi connectivity index (χ0n) is 11.1. The van der Waals surface area contributed by atoms with E-state index in [0.717, 1.165) is 11.4 Å². The third-order valence-corrected chi connectivity index (χ3v) is 3.01. The molecule has 1 N–H and O–H groups in total. The first-order valence-corrected chi connectivity index (χ1v) is 6.44. The van der Waals surface area contributed by atoms with Gasteiger partial charge in [-0.15, -0.1) is 0 Å². The lowest BCUT2D eigenvalue weighted by atomic mass is 10.1. The molecule has 0 aliphatic rings. The number of benzene rings is 1. The third kappa shape index (κ3) is 3.01. The second-order valence-corrected chi connectivity index (χ2v) is 4.72. The largest absolute Gasteiger partial charge is 0.369 e. The Labute approximate surface area is 116 Å². The second kappa shape index (κ2) is 5.53. The first-order chi connectivity index (χ1) is 9.01. The third-order valence-electron chi connectivity index (χ3n) is 2.79. The Bertz CT molecular complexity index is 594. The van der Waals surface area contributed by atoms with Crippen molar-refractivity contribution < 1.29 is 4.39 Å². The molecule has 19 heavy (non-hydrogen) atoms. The van der Waals surface area contributed by atoms with Gasteiger partial charge >= 0.3 is 0 Å². The van der Waals surface area contributed by atoms with Gasteiger partial charge < -0.3 is 5.32 Å². The number of nitrogens with one attached hydrogen (secondary N) is 1. The van der Waals surface area contributed by atoms with Gasteiger partial charge in [0.2, 0.25) is 0 Å². The van der Waals surface area contributed by atoms with E-state index in [2.05, 4.69) is 15.3 Å². The molecule has 0 bridgehead atoms. The first kappa shape index (κ1) is 13.7. The maximum atomic E-state index is 13.5. The summed E-state index contributed by atoms with van der Waals surface area (Å²) >= 11 is 5.89. The van der Waals surface area contributed by atoms with Crippen molar-refractivity contribution in [3.05, 3.63) is 40.4 Å². The number of nitrogens with zero attached hydrogens (tertiary/aromatic N) is 2. The van der Waals surface area contributed by atoms with Gasteiger partial charge in [0.05, 0.1) is 11.4 Å². The topological polar surface area (TPSA) is 37.8 Å². The van der Waals surface area contributed by atoms with E-state index in [9.17, 15) is 4.39 Å². The maximum absolute atomic E-state index is 13.5. The molecule has 5 heteroatoms. The average Bonchev–Trinajstić information content (AvgIpc) is 2.32. The minimum absolute atomic E-state index is 0.345.